The number of hydrogen-bond acceptors (Lipinski definition) is 2. The number of hydrogen-bond donors (Lipinski definition) is 1. The minimum absolute atomic E-state index is 0.286. The first-order chi connectivity index (χ1) is 13.5. The standard InChI is InChI=1S/C25H24O3/c1-17-7-3-4-8-21(17)16-25(2)14-13-18-9-6-12-22(23(18)28-25)19-10-5-11-20(15-19)24(26)27/h3-12,15H,13-14,16H2,1-2H3,(H,26,27)/t25-/m0/s1. The third-order valence-corrected chi connectivity index (χ3v) is 5.61. The highest BCUT2D eigenvalue weighted by Gasteiger charge is 2.33. The SMILES string of the molecule is Cc1ccccc1C[C@]1(C)CCc2cccc(-c3cccc(C(=O)O)c3)c2O1. The molecule has 3 nitrogen and oxygen atoms in total. The molecule has 0 amide bonds. The minimum Gasteiger partial charge on any atom is -0.486 e. The lowest BCUT2D eigenvalue weighted by atomic mass is 9.85. The molecule has 0 aromatic heterocycles. The Morgan fingerprint density at radius 3 is 2.64 bits per heavy atom. The van der Waals surface area contributed by atoms with E-state index in [9.17, 15) is 9.90 Å². The largest absolute Gasteiger partial charge is 0.486 e. The smallest absolute Gasteiger partial charge is 0.335 e. The second-order valence-corrected chi connectivity index (χ2v) is 7.84. The van der Waals surface area contributed by atoms with Crippen LogP contribution in [0, 0.1) is 6.92 Å². The number of carboxylic acid groups (broad SMARTS) is 1. The monoisotopic (exact) mass is 372 g/mol. The number of fused-ring (bicyclic) bond motifs is 1. The molecule has 1 aliphatic rings. The molecule has 3 aromatic carbocycles. The van der Waals surface area contributed by atoms with Crippen molar-refractivity contribution < 1.29 is 14.6 Å². The van der Waals surface area contributed by atoms with E-state index in [4.69, 9.17) is 4.74 Å². The maximum Gasteiger partial charge on any atom is 0.335 e. The molecule has 0 saturated heterocycles. The van der Waals surface area contributed by atoms with Crippen LogP contribution in [-0.2, 0) is 12.8 Å². The Labute approximate surface area is 165 Å². The van der Waals surface area contributed by atoms with E-state index < -0.39 is 5.97 Å². The van der Waals surface area contributed by atoms with Crippen LogP contribution in [0.15, 0.2) is 66.7 Å². The molecule has 28 heavy (non-hydrogen) atoms. The van der Waals surface area contributed by atoms with Gasteiger partial charge in [-0.2, -0.15) is 0 Å². The summed E-state index contributed by atoms with van der Waals surface area (Å²) in [5.74, 6) is -0.0377. The van der Waals surface area contributed by atoms with Crippen LogP contribution in [0.4, 0.5) is 0 Å². The van der Waals surface area contributed by atoms with Crippen molar-refractivity contribution in [1.82, 2.24) is 0 Å². The first kappa shape index (κ1) is 18.3. The number of aromatic carboxylic acids is 1. The Balaban J connectivity index is 1.71. The van der Waals surface area contributed by atoms with Crippen molar-refractivity contribution in [3.63, 3.8) is 0 Å². The van der Waals surface area contributed by atoms with Crippen molar-refractivity contribution in [2.75, 3.05) is 0 Å². The van der Waals surface area contributed by atoms with Gasteiger partial charge in [0, 0.05) is 12.0 Å². The minimum atomic E-state index is -0.919. The lowest BCUT2D eigenvalue weighted by Gasteiger charge is -2.37. The van der Waals surface area contributed by atoms with Gasteiger partial charge in [-0.1, -0.05) is 54.6 Å². The molecule has 0 bridgehead atoms. The van der Waals surface area contributed by atoms with E-state index in [1.165, 1.54) is 16.7 Å². The van der Waals surface area contributed by atoms with Crippen molar-refractivity contribution in [2.24, 2.45) is 0 Å². The second-order valence-electron chi connectivity index (χ2n) is 7.84. The number of para-hydroxylation sites is 1. The Morgan fingerprint density at radius 2 is 1.86 bits per heavy atom. The van der Waals surface area contributed by atoms with Crippen LogP contribution in [0.2, 0.25) is 0 Å². The highest BCUT2D eigenvalue weighted by atomic mass is 16.5. The third kappa shape index (κ3) is 3.53. The number of carbonyl (C=O) groups is 1. The zero-order valence-electron chi connectivity index (χ0n) is 16.2. The van der Waals surface area contributed by atoms with Crippen LogP contribution in [0.25, 0.3) is 11.1 Å². The van der Waals surface area contributed by atoms with Crippen molar-refractivity contribution in [1.29, 1.82) is 0 Å². The molecule has 0 saturated carbocycles. The fourth-order valence-electron chi connectivity index (χ4n) is 3.98. The fourth-order valence-corrected chi connectivity index (χ4v) is 3.98. The average molecular weight is 372 g/mol. The van der Waals surface area contributed by atoms with E-state index in [1.807, 2.05) is 18.2 Å². The molecule has 0 radical (unpaired) electrons. The maximum absolute atomic E-state index is 11.4. The zero-order chi connectivity index (χ0) is 19.7. The first-order valence-corrected chi connectivity index (χ1v) is 9.64. The van der Waals surface area contributed by atoms with Crippen LogP contribution in [0.1, 0.15) is 40.4 Å². The Hall–Kier alpha value is -3.07. The van der Waals surface area contributed by atoms with Crippen molar-refractivity contribution in [3.8, 4) is 16.9 Å². The van der Waals surface area contributed by atoms with Gasteiger partial charge < -0.3 is 9.84 Å². The molecule has 4 rings (SSSR count). The van der Waals surface area contributed by atoms with Gasteiger partial charge in [0.2, 0.25) is 0 Å². The van der Waals surface area contributed by atoms with Gasteiger partial charge in [0.05, 0.1) is 5.56 Å². The summed E-state index contributed by atoms with van der Waals surface area (Å²) < 4.78 is 6.62. The summed E-state index contributed by atoms with van der Waals surface area (Å²) in [6.07, 6.45) is 2.75. The van der Waals surface area contributed by atoms with E-state index in [1.54, 1.807) is 18.2 Å². The number of aryl methyl sites for hydroxylation is 2. The molecule has 0 unspecified atom stereocenters. The number of ether oxygens (including phenoxy) is 1. The second kappa shape index (κ2) is 7.16. The van der Waals surface area contributed by atoms with Crippen LogP contribution in [0.3, 0.4) is 0 Å². The van der Waals surface area contributed by atoms with Crippen LogP contribution in [-0.4, -0.2) is 16.7 Å². The van der Waals surface area contributed by atoms with Gasteiger partial charge in [-0.05, 0) is 61.1 Å². The molecular formula is C25H24O3. The van der Waals surface area contributed by atoms with Gasteiger partial charge in [-0.3, -0.25) is 0 Å². The zero-order valence-corrected chi connectivity index (χ0v) is 16.2. The van der Waals surface area contributed by atoms with Gasteiger partial charge in [0.25, 0.3) is 0 Å². The molecule has 1 N–H and O–H groups in total. The van der Waals surface area contributed by atoms with Gasteiger partial charge in [0.1, 0.15) is 11.4 Å². The summed E-state index contributed by atoms with van der Waals surface area (Å²) in [4.78, 5) is 11.4. The molecule has 142 valence electrons. The number of benzene rings is 3. The number of carboxylic acids is 1. The maximum atomic E-state index is 11.4. The molecule has 1 heterocycles. The normalized spacial score (nSPS) is 18.2. The third-order valence-electron chi connectivity index (χ3n) is 5.61. The van der Waals surface area contributed by atoms with Gasteiger partial charge in [0.15, 0.2) is 0 Å². The van der Waals surface area contributed by atoms with E-state index in [2.05, 4.69) is 44.2 Å². The summed E-state index contributed by atoms with van der Waals surface area (Å²) in [6, 6.07) is 21.6. The lowest BCUT2D eigenvalue weighted by molar-refractivity contribution is 0.0658. The van der Waals surface area contributed by atoms with Crippen LogP contribution >= 0.6 is 0 Å². The van der Waals surface area contributed by atoms with Crippen LogP contribution in [0.5, 0.6) is 5.75 Å². The summed E-state index contributed by atoms with van der Waals surface area (Å²) >= 11 is 0. The quantitative estimate of drug-likeness (QED) is 0.640. The van der Waals surface area contributed by atoms with Gasteiger partial charge in [-0.15, -0.1) is 0 Å². The molecule has 1 aliphatic heterocycles. The highest BCUT2D eigenvalue weighted by Crippen LogP contribution is 2.42. The molecular weight excluding hydrogens is 348 g/mol. The first-order valence-electron chi connectivity index (χ1n) is 9.64. The van der Waals surface area contributed by atoms with Crippen LogP contribution < -0.4 is 4.74 Å². The van der Waals surface area contributed by atoms with E-state index in [0.717, 1.165) is 36.1 Å². The number of rotatable bonds is 4. The molecule has 3 aromatic rings. The molecule has 0 fully saturated rings. The predicted octanol–water partition coefficient (Wildman–Crippen LogP) is 5.69. The highest BCUT2D eigenvalue weighted by molar-refractivity contribution is 5.90. The van der Waals surface area contributed by atoms with Crippen molar-refractivity contribution >= 4 is 5.97 Å². The summed E-state index contributed by atoms with van der Waals surface area (Å²) in [5.41, 5.74) is 5.58. The van der Waals surface area contributed by atoms with Gasteiger partial charge >= 0.3 is 5.97 Å². The summed E-state index contributed by atoms with van der Waals surface area (Å²) in [7, 11) is 0. The topological polar surface area (TPSA) is 46.5 Å². The average Bonchev–Trinajstić information content (AvgIpc) is 2.69. The Kier molecular flexibility index (Phi) is 4.68. The fraction of sp³-hybridized carbons (Fsp3) is 0.240. The van der Waals surface area contributed by atoms with E-state index >= 15 is 0 Å². The molecule has 1 atom stereocenters. The van der Waals surface area contributed by atoms with E-state index in [-0.39, 0.29) is 11.2 Å². The van der Waals surface area contributed by atoms with E-state index in [0.29, 0.717) is 0 Å². The summed E-state index contributed by atoms with van der Waals surface area (Å²) in [5, 5.41) is 9.34. The van der Waals surface area contributed by atoms with Crippen molar-refractivity contribution in [3.05, 3.63) is 89.0 Å². The predicted molar refractivity (Wildman–Crippen MR) is 111 cm³/mol. The Morgan fingerprint density at radius 1 is 1.07 bits per heavy atom. The molecule has 0 aliphatic carbocycles. The summed E-state index contributed by atoms with van der Waals surface area (Å²) in [6.45, 7) is 4.31. The molecule has 0 spiro atoms. The van der Waals surface area contributed by atoms with Gasteiger partial charge in [-0.25, -0.2) is 4.79 Å². The lowest BCUT2D eigenvalue weighted by Crippen LogP contribution is -2.39. The van der Waals surface area contributed by atoms with Crippen molar-refractivity contribution in [2.45, 2.75) is 38.7 Å². The molecule has 3 heteroatoms. The Bertz CT molecular complexity index is 1040.